The molecule has 4 rings (SSSR count). The van der Waals surface area contributed by atoms with E-state index in [9.17, 15) is 26.4 Å². The lowest BCUT2D eigenvalue weighted by Crippen LogP contribution is -2.37. The number of amides is 1. The van der Waals surface area contributed by atoms with Gasteiger partial charge in [0.1, 0.15) is 0 Å². The molecule has 9 heteroatoms. The van der Waals surface area contributed by atoms with Crippen LogP contribution < -0.4 is 4.72 Å². The fourth-order valence-corrected chi connectivity index (χ4v) is 5.08. The highest BCUT2D eigenvalue weighted by molar-refractivity contribution is 7.89. The van der Waals surface area contributed by atoms with Crippen LogP contribution in [0.2, 0.25) is 0 Å². The van der Waals surface area contributed by atoms with Gasteiger partial charge in [-0.2, -0.15) is 13.2 Å². The standard InChI is InChI=1S/C22H23F3N2O3S/c1-14(15-4-7-19(8-5-15)22(23,24)25)26-31(29,30)20-9-6-18-13-27(11-10-17(18)12-20)21(28)16-2-3-16/h4-9,12,14,16,26H,2-3,10-11,13H2,1H3/t14-/m0/s1. The van der Waals surface area contributed by atoms with Gasteiger partial charge in [0.15, 0.2) is 0 Å². The number of fused-ring (bicyclic) bond motifs is 1. The van der Waals surface area contributed by atoms with Gasteiger partial charge >= 0.3 is 6.18 Å². The minimum atomic E-state index is -4.44. The van der Waals surface area contributed by atoms with Crippen LogP contribution in [0.4, 0.5) is 13.2 Å². The second-order valence-electron chi connectivity index (χ2n) is 8.18. The molecule has 0 spiro atoms. The molecule has 1 N–H and O–H groups in total. The molecule has 0 unspecified atom stereocenters. The summed E-state index contributed by atoms with van der Waals surface area (Å²) in [6.07, 6.45) is -1.96. The van der Waals surface area contributed by atoms with E-state index in [1.54, 1.807) is 19.1 Å². The van der Waals surface area contributed by atoms with Gasteiger partial charge in [-0.25, -0.2) is 13.1 Å². The summed E-state index contributed by atoms with van der Waals surface area (Å²) >= 11 is 0. The van der Waals surface area contributed by atoms with Crippen molar-refractivity contribution < 1.29 is 26.4 Å². The quantitative estimate of drug-likeness (QED) is 0.745. The molecule has 2 aromatic rings. The van der Waals surface area contributed by atoms with E-state index in [4.69, 9.17) is 0 Å². The average molecular weight is 452 g/mol. The Morgan fingerprint density at radius 1 is 1.10 bits per heavy atom. The number of nitrogens with zero attached hydrogens (tertiary/aromatic N) is 1. The maximum Gasteiger partial charge on any atom is 0.416 e. The van der Waals surface area contributed by atoms with E-state index in [0.29, 0.717) is 25.1 Å². The fraction of sp³-hybridized carbons (Fsp3) is 0.409. The van der Waals surface area contributed by atoms with Crippen LogP contribution in [0.25, 0.3) is 0 Å². The summed E-state index contributed by atoms with van der Waals surface area (Å²) in [5, 5.41) is 0. The number of halogens is 3. The van der Waals surface area contributed by atoms with E-state index in [1.807, 2.05) is 4.90 Å². The number of rotatable bonds is 5. The number of hydrogen-bond donors (Lipinski definition) is 1. The lowest BCUT2D eigenvalue weighted by atomic mass is 9.99. The number of nitrogens with one attached hydrogen (secondary N) is 1. The van der Waals surface area contributed by atoms with Gasteiger partial charge in [0, 0.05) is 25.0 Å². The molecule has 1 heterocycles. The van der Waals surface area contributed by atoms with Crippen LogP contribution >= 0.6 is 0 Å². The lowest BCUT2D eigenvalue weighted by molar-refractivity contribution is -0.137. The molecule has 1 saturated carbocycles. The minimum Gasteiger partial charge on any atom is -0.338 e. The highest BCUT2D eigenvalue weighted by Crippen LogP contribution is 2.33. The molecule has 0 aromatic heterocycles. The van der Waals surface area contributed by atoms with Gasteiger partial charge in [-0.3, -0.25) is 4.79 Å². The predicted molar refractivity (Wildman–Crippen MR) is 108 cm³/mol. The maximum atomic E-state index is 12.8. The minimum absolute atomic E-state index is 0.104. The smallest absolute Gasteiger partial charge is 0.338 e. The highest BCUT2D eigenvalue weighted by atomic mass is 32.2. The van der Waals surface area contributed by atoms with Crippen LogP contribution in [0.3, 0.4) is 0 Å². The van der Waals surface area contributed by atoms with Crippen molar-refractivity contribution in [3.63, 3.8) is 0 Å². The number of benzene rings is 2. The van der Waals surface area contributed by atoms with Crippen LogP contribution in [0, 0.1) is 5.92 Å². The van der Waals surface area contributed by atoms with Gasteiger partial charge < -0.3 is 4.90 Å². The van der Waals surface area contributed by atoms with Gasteiger partial charge in [0.2, 0.25) is 15.9 Å². The summed E-state index contributed by atoms with van der Waals surface area (Å²) in [5.74, 6) is 0.325. The molecule has 0 bridgehead atoms. The zero-order valence-corrected chi connectivity index (χ0v) is 17.8. The Kier molecular flexibility index (Phi) is 5.59. The van der Waals surface area contributed by atoms with Gasteiger partial charge in [0.25, 0.3) is 0 Å². The van der Waals surface area contributed by atoms with E-state index in [2.05, 4.69) is 4.72 Å². The van der Waals surface area contributed by atoms with E-state index >= 15 is 0 Å². The molecule has 2 aliphatic rings. The molecule has 1 aliphatic heterocycles. The molecule has 1 aliphatic carbocycles. The van der Waals surface area contributed by atoms with Crippen molar-refractivity contribution in [2.45, 2.75) is 49.8 Å². The Morgan fingerprint density at radius 2 is 1.77 bits per heavy atom. The Balaban J connectivity index is 1.47. The van der Waals surface area contributed by atoms with Crippen molar-refractivity contribution in [3.8, 4) is 0 Å². The van der Waals surface area contributed by atoms with Gasteiger partial charge in [-0.1, -0.05) is 18.2 Å². The Morgan fingerprint density at radius 3 is 2.39 bits per heavy atom. The molecule has 1 fully saturated rings. The third kappa shape index (κ3) is 4.77. The summed E-state index contributed by atoms with van der Waals surface area (Å²) in [6, 6.07) is 8.58. The van der Waals surface area contributed by atoms with Gasteiger partial charge in [-0.15, -0.1) is 0 Å². The summed E-state index contributed by atoms with van der Waals surface area (Å²) in [6.45, 7) is 2.64. The van der Waals surface area contributed by atoms with Crippen molar-refractivity contribution in [1.29, 1.82) is 0 Å². The molecule has 2 aromatic carbocycles. The summed E-state index contributed by atoms with van der Waals surface area (Å²) in [7, 11) is -3.87. The zero-order chi connectivity index (χ0) is 22.4. The first-order chi connectivity index (χ1) is 14.5. The van der Waals surface area contributed by atoms with E-state index in [0.717, 1.165) is 36.1 Å². The van der Waals surface area contributed by atoms with Crippen LogP contribution in [0.1, 0.15) is 48.1 Å². The third-order valence-corrected chi connectivity index (χ3v) is 7.35. The van der Waals surface area contributed by atoms with Crippen LogP contribution in [0.5, 0.6) is 0 Å². The molecule has 1 amide bonds. The second kappa shape index (κ2) is 7.94. The molecule has 31 heavy (non-hydrogen) atoms. The van der Waals surface area contributed by atoms with Crippen molar-refractivity contribution >= 4 is 15.9 Å². The van der Waals surface area contributed by atoms with Crippen LogP contribution in [0.15, 0.2) is 47.4 Å². The second-order valence-corrected chi connectivity index (χ2v) is 9.89. The van der Waals surface area contributed by atoms with E-state index in [1.165, 1.54) is 18.2 Å². The number of alkyl halides is 3. The van der Waals surface area contributed by atoms with E-state index < -0.39 is 27.8 Å². The largest absolute Gasteiger partial charge is 0.416 e. The first kappa shape index (κ1) is 21.8. The summed E-state index contributed by atoms with van der Waals surface area (Å²) < 4.78 is 66.4. The first-order valence-electron chi connectivity index (χ1n) is 10.1. The number of sulfonamides is 1. The predicted octanol–water partition coefficient (Wildman–Crippen LogP) is 4.04. The third-order valence-electron chi connectivity index (χ3n) is 5.81. The highest BCUT2D eigenvalue weighted by Gasteiger charge is 2.35. The Bertz CT molecular complexity index is 1090. The molecule has 0 saturated heterocycles. The van der Waals surface area contributed by atoms with Crippen LogP contribution in [-0.4, -0.2) is 25.8 Å². The topological polar surface area (TPSA) is 66.5 Å². The van der Waals surface area contributed by atoms with E-state index in [-0.39, 0.29) is 16.7 Å². The zero-order valence-electron chi connectivity index (χ0n) is 16.9. The normalized spacial score (nSPS) is 17.9. The van der Waals surface area contributed by atoms with Crippen molar-refractivity contribution in [3.05, 3.63) is 64.7 Å². The average Bonchev–Trinajstić information content (AvgIpc) is 3.57. The van der Waals surface area contributed by atoms with Crippen molar-refractivity contribution in [1.82, 2.24) is 9.62 Å². The fourth-order valence-electron chi connectivity index (χ4n) is 3.80. The molecule has 5 nitrogen and oxygen atoms in total. The monoisotopic (exact) mass is 452 g/mol. The molecule has 0 radical (unpaired) electrons. The lowest BCUT2D eigenvalue weighted by Gasteiger charge is -2.29. The molecule has 166 valence electrons. The summed E-state index contributed by atoms with van der Waals surface area (Å²) in [4.78, 5) is 14.2. The molecular weight excluding hydrogens is 429 g/mol. The summed E-state index contributed by atoms with van der Waals surface area (Å²) in [5.41, 5.74) is 1.49. The Hall–Kier alpha value is -2.39. The molecule has 1 atom stereocenters. The van der Waals surface area contributed by atoms with Gasteiger partial charge in [0.05, 0.1) is 10.5 Å². The number of carbonyl (C=O) groups excluding carboxylic acids is 1. The van der Waals surface area contributed by atoms with Crippen molar-refractivity contribution in [2.24, 2.45) is 5.92 Å². The van der Waals surface area contributed by atoms with Gasteiger partial charge in [-0.05, 0) is 67.1 Å². The first-order valence-corrected chi connectivity index (χ1v) is 11.6. The number of hydrogen-bond acceptors (Lipinski definition) is 3. The SMILES string of the molecule is C[C@H](NS(=O)(=O)c1ccc2c(c1)CCN(C(=O)C1CC1)C2)c1ccc(C(F)(F)F)cc1. The number of carbonyl (C=O) groups is 1. The van der Waals surface area contributed by atoms with Crippen molar-refractivity contribution in [2.75, 3.05) is 6.54 Å². The van der Waals surface area contributed by atoms with Crippen LogP contribution in [-0.2, 0) is 34.0 Å². The maximum absolute atomic E-state index is 12.8. The Labute approximate surface area is 179 Å². The molecular formula is C22H23F3N2O3S.